The third-order valence-electron chi connectivity index (χ3n) is 4.40. The number of thioether (sulfide) groups is 1. The summed E-state index contributed by atoms with van der Waals surface area (Å²) in [5.74, 6) is -0.329. The zero-order valence-electron chi connectivity index (χ0n) is 15.8. The second-order valence-electron chi connectivity index (χ2n) is 6.07. The molecule has 5 nitrogen and oxygen atoms in total. The molecule has 3 aromatic rings. The van der Waals surface area contributed by atoms with E-state index in [-0.39, 0.29) is 11.5 Å². The number of aryl methyl sites for hydroxylation is 2. The molecule has 0 amide bonds. The van der Waals surface area contributed by atoms with Crippen LogP contribution in [0.15, 0.2) is 40.3 Å². The van der Waals surface area contributed by atoms with E-state index in [9.17, 15) is 9.59 Å². The lowest BCUT2D eigenvalue weighted by Crippen LogP contribution is -2.23. The van der Waals surface area contributed by atoms with Crippen LogP contribution < -0.4 is 5.56 Å². The van der Waals surface area contributed by atoms with Gasteiger partial charge >= 0.3 is 5.97 Å². The Kier molecular flexibility index (Phi) is 6.01. The largest absolute Gasteiger partial charge is 0.465 e. The molecule has 0 bridgehead atoms. The zero-order chi connectivity index (χ0) is 19.6. The predicted octanol–water partition coefficient (Wildman–Crippen LogP) is 4.49. The van der Waals surface area contributed by atoms with Crippen molar-refractivity contribution in [3.05, 3.63) is 56.7 Å². The summed E-state index contributed by atoms with van der Waals surface area (Å²) in [7, 11) is 0. The van der Waals surface area contributed by atoms with Crippen molar-refractivity contribution in [1.29, 1.82) is 0 Å². The fourth-order valence-electron chi connectivity index (χ4n) is 2.88. The molecule has 0 radical (unpaired) electrons. The summed E-state index contributed by atoms with van der Waals surface area (Å²) in [5.41, 5.74) is 1.76. The van der Waals surface area contributed by atoms with Crippen molar-refractivity contribution in [2.75, 3.05) is 6.61 Å². The van der Waals surface area contributed by atoms with Gasteiger partial charge in [0.05, 0.1) is 12.0 Å². The number of esters is 1. The fourth-order valence-corrected chi connectivity index (χ4v) is 5.11. The van der Waals surface area contributed by atoms with Crippen LogP contribution in [0.5, 0.6) is 0 Å². The molecule has 2 aromatic heterocycles. The minimum absolute atomic E-state index is 0.0532. The zero-order valence-corrected chi connectivity index (χ0v) is 17.4. The summed E-state index contributed by atoms with van der Waals surface area (Å²) in [4.78, 5) is 32.2. The maximum absolute atomic E-state index is 13.0. The molecule has 0 saturated carbocycles. The number of hydrogen-bond donors (Lipinski definition) is 0. The van der Waals surface area contributed by atoms with Gasteiger partial charge < -0.3 is 4.74 Å². The van der Waals surface area contributed by atoms with E-state index >= 15 is 0 Å². The van der Waals surface area contributed by atoms with Gasteiger partial charge in [-0.2, -0.15) is 0 Å². The molecule has 1 atom stereocenters. The number of nitrogens with zero attached hydrogens (tertiary/aromatic N) is 2. The van der Waals surface area contributed by atoms with Crippen molar-refractivity contribution in [2.24, 2.45) is 0 Å². The normalized spacial score (nSPS) is 12.3. The highest BCUT2D eigenvalue weighted by Crippen LogP contribution is 2.36. The number of aromatic nitrogens is 2. The fraction of sp³-hybridized carbons (Fsp3) is 0.350. The number of ether oxygens (including phenoxy) is 1. The van der Waals surface area contributed by atoms with Gasteiger partial charge in [-0.15, -0.1) is 11.3 Å². The lowest BCUT2D eigenvalue weighted by atomic mass is 10.1. The first-order valence-corrected chi connectivity index (χ1v) is 10.6. The van der Waals surface area contributed by atoms with Crippen LogP contribution in [0, 0.1) is 13.8 Å². The van der Waals surface area contributed by atoms with Gasteiger partial charge in [-0.25, -0.2) is 4.98 Å². The van der Waals surface area contributed by atoms with Gasteiger partial charge in [-0.3, -0.25) is 14.2 Å². The molecular formula is C20H22N2O3S2. The van der Waals surface area contributed by atoms with E-state index in [1.165, 1.54) is 23.1 Å². The van der Waals surface area contributed by atoms with Crippen LogP contribution in [0.4, 0.5) is 0 Å². The van der Waals surface area contributed by atoms with Crippen molar-refractivity contribution in [1.82, 2.24) is 9.55 Å². The summed E-state index contributed by atoms with van der Waals surface area (Å²) >= 11 is 2.78. The van der Waals surface area contributed by atoms with Gasteiger partial charge in [-0.05, 0) is 38.8 Å². The predicted molar refractivity (Wildman–Crippen MR) is 111 cm³/mol. The molecule has 1 aromatic carbocycles. The topological polar surface area (TPSA) is 61.2 Å². The molecule has 0 saturated heterocycles. The van der Waals surface area contributed by atoms with Crippen LogP contribution in [-0.4, -0.2) is 22.1 Å². The number of thiophene rings is 1. The first-order chi connectivity index (χ1) is 13.0. The molecule has 3 rings (SSSR count). The van der Waals surface area contributed by atoms with Crippen molar-refractivity contribution in [3.8, 4) is 0 Å². The van der Waals surface area contributed by atoms with Gasteiger partial charge in [0.1, 0.15) is 10.1 Å². The van der Waals surface area contributed by atoms with Crippen molar-refractivity contribution in [3.63, 3.8) is 0 Å². The lowest BCUT2D eigenvalue weighted by molar-refractivity contribution is -0.142. The number of hydrogen-bond acceptors (Lipinski definition) is 6. The number of carbonyl (C=O) groups is 1. The van der Waals surface area contributed by atoms with Crippen molar-refractivity contribution in [2.45, 2.75) is 44.6 Å². The van der Waals surface area contributed by atoms with Crippen LogP contribution >= 0.6 is 23.1 Å². The van der Waals surface area contributed by atoms with E-state index in [4.69, 9.17) is 9.72 Å². The average molecular weight is 403 g/mol. The number of benzene rings is 1. The second kappa shape index (κ2) is 8.27. The molecule has 0 spiro atoms. The summed E-state index contributed by atoms with van der Waals surface area (Å²) < 4.78 is 6.91. The Hall–Kier alpha value is -2.12. The van der Waals surface area contributed by atoms with Gasteiger partial charge in [0.25, 0.3) is 5.56 Å². The number of rotatable bonds is 6. The summed E-state index contributed by atoms with van der Waals surface area (Å²) in [5, 5.41) is 0.643. The average Bonchev–Trinajstić information content (AvgIpc) is 2.94. The Morgan fingerprint density at radius 1 is 1.26 bits per heavy atom. The van der Waals surface area contributed by atoms with E-state index < -0.39 is 5.25 Å². The monoisotopic (exact) mass is 402 g/mol. The Balaban J connectivity index is 2.12. The third-order valence-corrected chi connectivity index (χ3v) is 6.72. The summed E-state index contributed by atoms with van der Waals surface area (Å²) in [6, 6.07) is 9.46. The van der Waals surface area contributed by atoms with Crippen LogP contribution in [0.1, 0.15) is 35.1 Å². The standard InChI is InChI=1S/C20H22N2O3S2/c1-5-22-18(23)15-12(3)13(4)26-17(15)21-20(22)27-16(19(24)25-6-2)14-10-8-7-9-11-14/h7-11,16H,5-6H2,1-4H3/t16-/m1/s1. The lowest BCUT2D eigenvalue weighted by Gasteiger charge is -2.17. The van der Waals surface area contributed by atoms with Crippen LogP contribution in [-0.2, 0) is 16.1 Å². The van der Waals surface area contributed by atoms with Crippen molar-refractivity contribution < 1.29 is 9.53 Å². The Morgan fingerprint density at radius 2 is 1.96 bits per heavy atom. The molecule has 0 fully saturated rings. The van der Waals surface area contributed by atoms with E-state index in [0.717, 1.165) is 20.8 Å². The number of carbonyl (C=O) groups excluding carboxylic acids is 1. The Labute approximate surface area is 166 Å². The van der Waals surface area contributed by atoms with Crippen LogP contribution in [0.3, 0.4) is 0 Å². The van der Waals surface area contributed by atoms with E-state index in [1.54, 1.807) is 11.5 Å². The van der Waals surface area contributed by atoms with E-state index in [0.29, 0.717) is 23.7 Å². The maximum atomic E-state index is 13.0. The molecule has 7 heteroatoms. The minimum atomic E-state index is -0.574. The SMILES string of the molecule is CCOC(=O)[C@H](Sc1nc2sc(C)c(C)c2c(=O)n1CC)c1ccccc1. The summed E-state index contributed by atoms with van der Waals surface area (Å²) in [6.07, 6.45) is 0. The molecule has 0 unspecified atom stereocenters. The van der Waals surface area contributed by atoms with Gasteiger partial charge in [0, 0.05) is 11.4 Å². The molecule has 0 N–H and O–H groups in total. The highest BCUT2D eigenvalue weighted by molar-refractivity contribution is 8.00. The van der Waals surface area contributed by atoms with Gasteiger partial charge in [0.15, 0.2) is 5.16 Å². The molecule has 27 heavy (non-hydrogen) atoms. The first kappa shape index (κ1) is 19.6. The second-order valence-corrected chi connectivity index (χ2v) is 8.34. The first-order valence-electron chi connectivity index (χ1n) is 8.86. The van der Waals surface area contributed by atoms with Crippen molar-refractivity contribution >= 4 is 39.3 Å². The molecular weight excluding hydrogens is 380 g/mol. The Bertz CT molecular complexity index is 1030. The van der Waals surface area contributed by atoms with E-state index in [1.807, 2.05) is 51.1 Å². The van der Waals surface area contributed by atoms with E-state index in [2.05, 4.69) is 0 Å². The molecule has 0 aliphatic heterocycles. The molecule has 2 heterocycles. The highest BCUT2D eigenvalue weighted by atomic mass is 32.2. The molecule has 0 aliphatic rings. The van der Waals surface area contributed by atoms with Crippen LogP contribution in [0.2, 0.25) is 0 Å². The van der Waals surface area contributed by atoms with Crippen LogP contribution in [0.25, 0.3) is 10.2 Å². The Morgan fingerprint density at radius 3 is 2.59 bits per heavy atom. The smallest absolute Gasteiger partial charge is 0.324 e. The van der Waals surface area contributed by atoms with Gasteiger partial charge in [0.2, 0.25) is 0 Å². The minimum Gasteiger partial charge on any atom is -0.465 e. The molecule has 0 aliphatic carbocycles. The quantitative estimate of drug-likeness (QED) is 0.345. The third kappa shape index (κ3) is 3.80. The van der Waals surface area contributed by atoms with Gasteiger partial charge in [-0.1, -0.05) is 42.1 Å². The highest BCUT2D eigenvalue weighted by Gasteiger charge is 2.26. The molecule has 142 valence electrons. The summed E-state index contributed by atoms with van der Waals surface area (Å²) in [6.45, 7) is 8.44. The maximum Gasteiger partial charge on any atom is 0.324 e. The number of fused-ring (bicyclic) bond motifs is 1.